The van der Waals surface area contributed by atoms with E-state index < -0.39 is 0 Å². The van der Waals surface area contributed by atoms with Crippen molar-refractivity contribution in [3.05, 3.63) is 70.2 Å². The van der Waals surface area contributed by atoms with Gasteiger partial charge >= 0.3 is 0 Å². The zero-order chi connectivity index (χ0) is 15.6. The van der Waals surface area contributed by atoms with Crippen molar-refractivity contribution in [1.82, 2.24) is 4.98 Å². The Morgan fingerprint density at radius 3 is 2.78 bits per heavy atom. The molecule has 114 valence electrons. The molecule has 0 unspecified atom stereocenters. The Hall–Kier alpha value is -2.04. The smallest absolute Gasteiger partial charge is 0.117 e. The van der Waals surface area contributed by atoms with Crippen LogP contribution in [0.15, 0.2) is 70.1 Å². The fraction of sp³-hybridized carbons (Fsp3) is 0.105. The minimum absolute atomic E-state index is 0.984. The number of nitrogens with one attached hydrogen (secondary N) is 1. The summed E-state index contributed by atoms with van der Waals surface area (Å²) < 4.78 is 1.24. The molecule has 0 saturated heterocycles. The van der Waals surface area contributed by atoms with Gasteiger partial charge in [0, 0.05) is 4.90 Å². The van der Waals surface area contributed by atoms with Gasteiger partial charge in [0.05, 0.1) is 20.9 Å². The largest absolute Gasteiger partial charge is 0.349 e. The normalized spacial score (nSPS) is 15.9. The molecule has 0 spiro atoms. The fourth-order valence-electron chi connectivity index (χ4n) is 2.53. The van der Waals surface area contributed by atoms with Gasteiger partial charge in [0.15, 0.2) is 0 Å². The third-order valence-electron chi connectivity index (χ3n) is 3.71. The van der Waals surface area contributed by atoms with E-state index in [1.807, 2.05) is 6.07 Å². The van der Waals surface area contributed by atoms with E-state index in [4.69, 9.17) is 4.98 Å². The van der Waals surface area contributed by atoms with Gasteiger partial charge in [-0.15, -0.1) is 11.3 Å². The highest BCUT2D eigenvalue weighted by atomic mass is 32.2. The van der Waals surface area contributed by atoms with E-state index in [9.17, 15) is 0 Å². The van der Waals surface area contributed by atoms with Gasteiger partial charge in [-0.05, 0) is 48.4 Å². The van der Waals surface area contributed by atoms with Crippen LogP contribution in [-0.4, -0.2) is 4.98 Å². The number of anilines is 1. The van der Waals surface area contributed by atoms with Gasteiger partial charge in [0.25, 0.3) is 0 Å². The van der Waals surface area contributed by atoms with Crippen molar-refractivity contribution >= 4 is 45.1 Å². The molecule has 0 saturated carbocycles. The van der Waals surface area contributed by atoms with Crippen molar-refractivity contribution in [3.8, 4) is 0 Å². The van der Waals surface area contributed by atoms with E-state index in [2.05, 4.69) is 66.9 Å². The molecule has 0 bridgehead atoms. The summed E-state index contributed by atoms with van der Waals surface area (Å²) in [6.07, 6.45) is 5.41. The zero-order valence-corrected chi connectivity index (χ0v) is 14.4. The first-order chi connectivity index (χ1) is 11.3. The SMILES string of the molecule is CCC(=C/c1nc2ccccc2s1)/C=C1/Nc2ccccc2S1. The number of thiazole rings is 1. The summed E-state index contributed by atoms with van der Waals surface area (Å²) in [5.74, 6) is 0. The zero-order valence-electron chi connectivity index (χ0n) is 12.7. The molecular formula is C19H16N2S2. The maximum atomic E-state index is 4.70. The minimum Gasteiger partial charge on any atom is -0.349 e. The van der Waals surface area contributed by atoms with Gasteiger partial charge in [0.2, 0.25) is 0 Å². The molecule has 1 aliphatic heterocycles. The number of para-hydroxylation sites is 2. The quantitative estimate of drug-likeness (QED) is 0.621. The molecule has 2 nitrogen and oxygen atoms in total. The molecule has 0 amide bonds. The Labute approximate surface area is 144 Å². The van der Waals surface area contributed by atoms with Crippen LogP contribution in [0, 0.1) is 0 Å². The fourth-order valence-corrected chi connectivity index (χ4v) is 4.45. The van der Waals surface area contributed by atoms with Crippen molar-refractivity contribution in [2.45, 2.75) is 18.2 Å². The number of thioether (sulfide) groups is 1. The molecule has 3 aromatic rings. The maximum Gasteiger partial charge on any atom is 0.117 e. The third-order valence-corrected chi connectivity index (χ3v) is 5.71. The summed E-state index contributed by atoms with van der Waals surface area (Å²) in [7, 11) is 0. The van der Waals surface area contributed by atoms with Gasteiger partial charge in [-0.3, -0.25) is 0 Å². The summed E-state index contributed by atoms with van der Waals surface area (Å²) >= 11 is 3.53. The van der Waals surface area contributed by atoms with E-state index in [-0.39, 0.29) is 0 Å². The van der Waals surface area contributed by atoms with Crippen molar-refractivity contribution < 1.29 is 0 Å². The van der Waals surface area contributed by atoms with E-state index >= 15 is 0 Å². The van der Waals surface area contributed by atoms with Crippen molar-refractivity contribution in [1.29, 1.82) is 0 Å². The first-order valence-corrected chi connectivity index (χ1v) is 9.27. The predicted octanol–water partition coefficient (Wildman–Crippen LogP) is 6.15. The highest BCUT2D eigenvalue weighted by Crippen LogP contribution is 2.41. The van der Waals surface area contributed by atoms with Gasteiger partial charge in [-0.25, -0.2) is 4.98 Å². The van der Waals surface area contributed by atoms with Crippen LogP contribution in [0.4, 0.5) is 5.69 Å². The average molecular weight is 336 g/mol. The molecule has 0 aliphatic carbocycles. The second-order valence-electron chi connectivity index (χ2n) is 5.32. The summed E-state index contributed by atoms with van der Waals surface area (Å²) in [5.41, 5.74) is 3.55. The van der Waals surface area contributed by atoms with Crippen LogP contribution in [0.2, 0.25) is 0 Å². The highest BCUT2D eigenvalue weighted by Gasteiger charge is 2.14. The number of benzene rings is 2. The molecule has 1 aliphatic rings. The number of hydrogen-bond acceptors (Lipinski definition) is 4. The van der Waals surface area contributed by atoms with Gasteiger partial charge in [-0.2, -0.15) is 0 Å². The molecule has 0 radical (unpaired) electrons. The van der Waals surface area contributed by atoms with Crippen LogP contribution >= 0.6 is 23.1 Å². The van der Waals surface area contributed by atoms with Gasteiger partial charge in [-0.1, -0.05) is 43.0 Å². The molecule has 2 heterocycles. The van der Waals surface area contributed by atoms with Gasteiger partial charge < -0.3 is 5.32 Å². The Morgan fingerprint density at radius 2 is 1.96 bits per heavy atom. The van der Waals surface area contributed by atoms with Crippen molar-refractivity contribution in [3.63, 3.8) is 0 Å². The number of nitrogens with zero attached hydrogens (tertiary/aromatic N) is 1. The first-order valence-electron chi connectivity index (χ1n) is 7.63. The summed E-state index contributed by atoms with van der Waals surface area (Å²) in [6, 6.07) is 16.7. The average Bonchev–Trinajstić information content (AvgIpc) is 3.16. The lowest BCUT2D eigenvalue weighted by molar-refractivity contribution is 1.16. The van der Waals surface area contributed by atoms with E-state index in [0.717, 1.165) is 16.9 Å². The van der Waals surface area contributed by atoms with Crippen LogP contribution in [0.3, 0.4) is 0 Å². The summed E-state index contributed by atoms with van der Waals surface area (Å²) in [4.78, 5) is 5.99. The lowest BCUT2D eigenvalue weighted by atomic mass is 10.2. The third kappa shape index (κ3) is 3.05. The molecular weight excluding hydrogens is 320 g/mol. The Bertz CT molecular complexity index is 862. The van der Waals surface area contributed by atoms with Gasteiger partial charge in [0.1, 0.15) is 5.01 Å². The molecule has 0 atom stereocenters. The Balaban J connectivity index is 1.63. The topological polar surface area (TPSA) is 24.9 Å². The lowest BCUT2D eigenvalue weighted by Crippen LogP contribution is -1.89. The van der Waals surface area contributed by atoms with Crippen LogP contribution in [0.25, 0.3) is 16.3 Å². The second kappa shape index (κ2) is 6.22. The molecule has 0 fully saturated rings. The summed E-state index contributed by atoms with van der Waals surface area (Å²) in [5, 5.41) is 5.73. The number of aromatic nitrogens is 1. The van der Waals surface area contributed by atoms with Crippen LogP contribution in [-0.2, 0) is 0 Å². The van der Waals surface area contributed by atoms with E-state index in [1.165, 1.54) is 25.9 Å². The first kappa shape index (κ1) is 14.5. The number of rotatable bonds is 3. The Morgan fingerprint density at radius 1 is 1.13 bits per heavy atom. The maximum absolute atomic E-state index is 4.70. The predicted molar refractivity (Wildman–Crippen MR) is 102 cm³/mol. The summed E-state index contributed by atoms with van der Waals surface area (Å²) in [6.45, 7) is 2.18. The molecule has 4 heteroatoms. The standard InChI is InChI=1S/C19H16N2S2/c1-2-13(11-18-20-14-7-3-5-9-16(14)22-18)12-19-21-15-8-4-6-10-17(15)23-19/h3-12,20H,2H2,1H3/b13-12-,18-11-. The van der Waals surface area contributed by atoms with E-state index in [1.54, 1.807) is 23.1 Å². The van der Waals surface area contributed by atoms with E-state index in [0.29, 0.717) is 0 Å². The number of allylic oxidation sites excluding steroid dienone is 2. The van der Waals surface area contributed by atoms with Crippen molar-refractivity contribution in [2.24, 2.45) is 0 Å². The number of fused-ring (bicyclic) bond motifs is 2. The molecule has 4 rings (SSSR count). The second-order valence-corrected chi connectivity index (χ2v) is 7.47. The molecule has 2 aromatic carbocycles. The molecule has 23 heavy (non-hydrogen) atoms. The molecule has 1 aromatic heterocycles. The highest BCUT2D eigenvalue weighted by molar-refractivity contribution is 8.03. The minimum atomic E-state index is 0.984. The van der Waals surface area contributed by atoms with Crippen LogP contribution in [0.1, 0.15) is 18.4 Å². The molecule has 1 N–H and O–H groups in total. The van der Waals surface area contributed by atoms with Crippen LogP contribution < -0.4 is 5.32 Å². The van der Waals surface area contributed by atoms with Crippen molar-refractivity contribution in [2.75, 3.05) is 5.32 Å². The van der Waals surface area contributed by atoms with Crippen LogP contribution in [0.5, 0.6) is 0 Å². The monoisotopic (exact) mass is 336 g/mol. The lowest BCUT2D eigenvalue weighted by Gasteiger charge is -2.01. The Kier molecular flexibility index (Phi) is 3.93. The number of hydrogen-bond donors (Lipinski definition) is 1.